The average Bonchev–Trinajstić information content (AvgIpc) is 3.29. The lowest BCUT2D eigenvalue weighted by Crippen LogP contribution is -2.50. The highest BCUT2D eigenvalue weighted by molar-refractivity contribution is 6.31. The van der Waals surface area contributed by atoms with E-state index in [0.29, 0.717) is 47.7 Å². The van der Waals surface area contributed by atoms with Crippen molar-refractivity contribution < 1.29 is 9.53 Å². The molecule has 2 amide bonds. The van der Waals surface area contributed by atoms with Crippen LogP contribution in [0.15, 0.2) is 54.7 Å². The van der Waals surface area contributed by atoms with E-state index < -0.39 is 0 Å². The van der Waals surface area contributed by atoms with Crippen LogP contribution in [0.1, 0.15) is 0 Å². The van der Waals surface area contributed by atoms with Gasteiger partial charge in [0.1, 0.15) is 5.75 Å². The predicted octanol–water partition coefficient (Wildman–Crippen LogP) is 5.16. The standard InChI is InChI=1S/C23H21Cl2N5O2/c1-32-21-7-5-16(25)14-18(21)27-23(31)29-11-9-28(10-12-29)22-20-3-2-8-30(20)19-6-4-15(24)13-17(19)26-22/h2-8,13-14H,9-12H2,1H3,(H,27,31). The first kappa shape index (κ1) is 20.7. The van der Waals surface area contributed by atoms with Crippen molar-refractivity contribution in [1.82, 2.24) is 14.3 Å². The van der Waals surface area contributed by atoms with Crippen LogP contribution in [0.2, 0.25) is 10.0 Å². The molecule has 1 aliphatic rings. The number of carbonyl (C=O) groups is 1. The molecule has 1 saturated heterocycles. The maximum absolute atomic E-state index is 12.8. The Hall–Kier alpha value is -3.16. The maximum Gasteiger partial charge on any atom is 0.322 e. The molecule has 4 aromatic rings. The lowest BCUT2D eigenvalue weighted by molar-refractivity contribution is 0.208. The Labute approximate surface area is 195 Å². The van der Waals surface area contributed by atoms with Gasteiger partial charge in [0.2, 0.25) is 0 Å². The van der Waals surface area contributed by atoms with Crippen molar-refractivity contribution in [2.45, 2.75) is 0 Å². The molecule has 1 aliphatic heterocycles. The first-order valence-electron chi connectivity index (χ1n) is 10.2. The van der Waals surface area contributed by atoms with Gasteiger partial charge >= 0.3 is 6.03 Å². The number of nitrogens with zero attached hydrogens (tertiary/aromatic N) is 4. The molecule has 0 bridgehead atoms. The summed E-state index contributed by atoms with van der Waals surface area (Å²) in [7, 11) is 1.56. The summed E-state index contributed by atoms with van der Waals surface area (Å²) in [5.74, 6) is 1.46. The number of ether oxygens (including phenoxy) is 1. The SMILES string of the molecule is COc1ccc(Cl)cc1NC(=O)N1CCN(c2nc3cc(Cl)ccc3n3cccc23)CC1. The van der Waals surface area contributed by atoms with Crippen molar-refractivity contribution in [3.8, 4) is 5.75 Å². The Kier molecular flexibility index (Phi) is 5.45. The molecular formula is C23H21Cl2N5O2. The van der Waals surface area contributed by atoms with Crippen LogP contribution in [0.25, 0.3) is 16.6 Å². The first-order valence-corrected chi connectivity index (χ1v) is 11.0. The van der Waals surface area contributed by atoms with E-state index in [0.717, 1.165) is 22.4 Å². The highest BCUT2D eigenvalue weighted by Gasteiger charge is 2.24. The van der Waals surface area contributed by atoms with Crippen molar-refractivity contribution in [1.29, 1.82) is 0 Å². The van der Waals surface area contributed by atoms with Gasteiger partial charge in [-0.2, -0.15) is 0 Å². The fraction of sp³-hybridized carbons (Fsp3) is 0.217. The van der Waals surface area contributed by atoms with Gasteiger partial charge in [0.05, 0.1) is 29.3 Å². The fourth-order valence-corrected chi connectivity index (χ4v) is 4.40. The molecule has 0 radical (unpaired) electrons. The minimum absolute atomic E-state index is 0.184. The molecule has 5 rings (SSSR count). The number of amides is 2. The van der Waals surface area contributed by atoms with Crippen molar-refractivity contribution in [2.75, 3.05) is 43.5 Å². The van der Waals surface area contributed by atoms with Crippen LogP contribution in [-0.2, 0) is 0 Å². The smallest absolute Gasteiger partial charge is 0.322 e. The van der Waals surface area contributed by atoms with E-state index in [1.54, 1.807) is 30.2 Å². The number of aromatic nitrogens is 2. The second kappa shape index (κ2) is 8.41. The largest absolute Gasteiger partial charge is 0.495 e. The van der Waals surface area contributed by atoms with E-state index in [1.807, 2.05) is 30.5 Å². The van der Waals surface area contributed by atoms with Gasteiger partial charge in [-0.1, -0.05) is 23.2 Å². The quantitative estimate of drug-likeness (QED) is 0.450. The number of urea groups is 1. The van der Waals surface area contributed by atoms with E-state index in [4.69, 9.17) is 32.9 Å². The van der Waals surface area contributed by atoms with Crippen molar-refractivity contribution in [2.24, 2.45) is 0 Å². The van der Waals surface area contributed by atoms with Crippen molar-refractivity contribution in [3.63, 3.8) is 0 Å². The van der Waals surface area contributed by atoms with Crippen LogP contribution in [0.4, 0.5) is 16.3 Å². The minimum Gasteiger partial charge on any atom is -0.495 e. The van der Waals surface area contributed by atoms with Crippen LogP contribution in [-0.4, -0.2) is 53.6 Å². The number of anilines is 2. The fourth-order valence-electron chi connectivity index (χ4n) is 4.06. The molecule has 1 fully saturated rings. The number of piperazine rings is 1. The average molecular weight is 470 g/mol. The van der Waals surface area contributed by atoms with Gasteiger partial charge < -0.3 is 24.3 Å². The van der Waals surface area contributed by atoms with Gasteiger partial charge in [-0.05, 0) is 48.5 Å². The highest BCUT2D eigenvalue weighted by atomic mass is 35.5. The summed E-state index contributed by atoms with van der Waals surface area (Å²) in [6, 6.07) is 14.8. The summed E-state index contributed by atoms with van der Waals surface area (Å²) < 4.78 is 7.44. The van der Waals surface area contributed by atoms with E-state index in [9.17, 15) is 4.79 Å². The maximum atomic E-state index is 12.8. The summed E-state index contributed by atoms with van der Waals surface area (Å²) >= 11 is 12.3. The molecule has 0 atom stereocenters. The molecule has 2 aromatic heterocycles. The number of benzene rings is 2. The number of carbonyl (C=O) groups excluding carboxylic acids is 1. The Bertz CT molecular complexity index is 1310. The number of fused-ring (bicyclic) bond motifs is 3. The topological polar surface area (TPSA) is 62.1 Å². The van der Waals surface area contributed by atoms with Gasteiger partial charge in [0.25, 0.3) is 0 Å². The third-order valence-corrected chi connectivity index (χ3v) is 6.14. The first-order chi connectivity index (χ1) is 15.5. The lowest BCUT2D eigenvalue weighted by atomic mass is 10.2. The van der Waals surface area contributed by atoms with Crippen LogP contribution < -0.4 is 15.0 Å². The highest BCUT2D eigenvalue weighted by Crippen LogP contribution is 2.29. The van der Waals surface area contributed by atoms with E-state index in [2.05, 4.69) is 20.7 Å². The molecule has 0 spiro atoms. The van der Waals surface area contributed by atoms with Gasteiger partial charge in [0.15, 0.2) is 5.82 Å². The van der Waals surface area contributed by atoms with E-state index in [1.165, 1.54) is 0 Å². The van der Waals surface area contributed by atoms with Gasteiger partial charge in [0, 0.05) is 42.4 Å². The summed E-state index contributed by atoms with van der Waals surface area (Å²) in [5.41, 5.74) is 3.42. The van der Waals surface area contributed by atoms with Crippen LogP contribution >= 0.6 is 23.2 Å². The number of halogens is 2. The van der Waals surface area contributed by atoms with Crippen LogP contribution in [0, 0.1) is 0 Å². The number of nitrogens with one attached hydrogen (secondary N) is 1. The Balaban J connectivity index is 1.35. The normalized spacial score (nSPS) is 14.2. The number of hydrogen-bond acceptors (Lipinski definition) is 4. The zero-order chi connectivity index (χ0) is 22.2. The van der Waals surface area contributed by atoms with E-state index in [-0.39, 0.29) is 6.03 Å². The second-order valence-corrected chi connectivity index (χ2v) is 8.45. The summed E-state index contributed by atoms with van der Waals surface area (Å²) in [6.07, 6.45) is 2.03. The zero-order valence-electron chi connectivity index (χ0n) is 17.4. The van der Waals surface area contributed by atoms with Gasteiger partial charge in [-0.25, -0.2) is 9.78 Å². The van der Waals surface area contributed by atoms with Crippen LogP contribution in [0.5, 0.6) is 5.75 Å². The Morgan fingerprint density at radius 3 is 2.53 bits per heavy atom. The molecule has 0 saturated carbocycles. The molecule has 3 heterocycles. The van der Waals surface area contributed by atoms with Gasteiger partial charge in [-0.15, -0.1) is 0 Å². The monoisotopic (exact) mass is 469 g/mol. The zero-order valence-corrected chi connectivity index (χ0v) is 18.9. The summed E-state index contributed by atoms with van der Waals surface area (Å²) in [6.45, 7) is 2.47. The molecule has 9 heteroatoms. The second-order valence-electron chi connectivity index (χ2n) is 7.58. The number of methoxy groups -OCH3 is 1. The van der Waals surface area contributed by atoms with Gasteiger partial charge in [-0.3, -0.25) is 0 Å². The summed E-state index contributed by atoms with van der Waals surface area (Å²) in [4.78, 5) is 21.7. The molecule has 164 valence electrons. The molecule has 1 N–H and O–H groups in total. The number of hydrogen-bond donors (Lipinski definition) is 1. The Morgan fingerprint density at radius 1 is 1.00 bits per heavy atom. The van der Waals surface area contributed by atoms with Crippen LogP contribution in [0.3, 0.4) is 0 Å². The molecule has 2 aromatic carbocycles. The number of rotatable bonds is 3. The third-order valence-electron chi connectivity index (χ3n) is 5.67. The molecule has 7 nitrogen and oxygen atoms in total. The predicted molar refractivity (Wildman–Crippen MR) is 129 cm³/mol. The van der Waals surface area contributed by atoms with Crippen molar-refractivity contribution >= 4 is 57.3 Å². The van der Waals surface area contributed by atoms with E-state index >= 15 is 0 Å². The third kappa shape index (κ3) is 3.78. The summed E-state index contributed by atoms with van der Waals surface area (Å²) in [5, 5.41) is 4.09. The lowest BCUT2D eigenvalue weighted by Gasteiger charge is -2.35. The Morgan fingerprint density at radius 2 is 1.75 bits per heavy atom. The molecule has 32 heavy (non-hydrogen) atoms. The molecule has 0 unspecified atom stereocenters. The van der Waals surface area contributed by atoms with Crippen molar-refractivity contribution in [3.05, 3.63) is 64.8 Å². The molecular weight excluding hydrogens is 449 g/mol. The minimum atomic E-state index is -0.184. The molecule has 0 aliphatic carbocycles.